The topological polar surface area (TPSA) is 32.3 Å². The Bertz CT molecular complexity index is 328. The van der Waals surface area contributed by atoms with Crippen LogP contribution in [0.4, 0.5) is 8.78 Å². The van der Waals surface area contributed by atoms with Crippen molar-refractivity contribution in [1.82, 2.24) is 5.32 Å². The molecule has 1 rings (SSSR count). The van der Waals surface area contributed by atoms with Crippen LogP contribution >= 0.6 is 0 Å². The molecule has 1 aromatic carbocycles. The first-order chi connectivity index (χ1) is 7.00. The fraction of sp³-hybridized carbons (Fsp3) is 0.455. The van der Waals surface area contributed by atoms with E-state index in [9.17, 15) is 8.78 Å². The number of aliphatic hydroxyl groups excluding tert-OH is 1. The van der Waals surface area contributed by atoms with E-state index in [4.69, 9.17) is 5.11 Å². The van der Waals surface area contributed by atoms with Crippen LogP contribution in [-0.2, 0) is 0 Å². The summed E-state index contributed by atoms with van der Waals surface area (Å²) < 4.78 is 26.1. The number of hydrogen-bond donors (Lipinski definition) is 2. The SMILES string of the molecule is CC(NC[C@@H](C)O)c1cc(F)ccc1F. The number of nitrogens with one attached hydrogen (secondary N) is 1. The molecule has 2 N–H and O–H groups in total. The van der Waals surface area contributed by atoms with Gasteiger partial charge in [-0.1, -0.05) is 0 Å². The highest BCUT2D eigenvalue weighted by molar-refractivity contribution is 5.21. The summed E-state index contributed by atoms with van der Waals surface area (Å²) in [5.74, 6) is -0.904. The zero-order valence-corrected chi connectivity index (χ0v) is 8.80. The van der Waals surface area contributed by atoms with Crippen molar-refractivity contribution >= 4 is 0 Å². The summed E-state index contributed by atoms with van der Waals surface area (Å²) in [5.41, 5.74) is 0.274. The van der Waals surface area contributed by atoms with Gasteiger partial charge in [-0.3, -0.25) is 0 Å². The summed E-state index contributed by atoms with van der Waals surface area (Å²) in [5, 5.41) is 12.0. The maximum Gasteiger partial charge on any atom is 0.128 e. The van der Waals surface area contributed by atoms with Crippen molar-refractivity contribution < 1.29 is 13.9 Å². The Morgan fingerprint density at radius 1 is 1.33 bits per heavy atom. The Morgan fingerprint density at radius 3 is 2.60 bits per heavy atom. The summed E-state index contributed by atoms with van der Waals surface area (Å²) in [6.45, 7) is 3.69. The molecule has 0 aliphatic carbocycles. The molecule has 0 radical (unpaired) electrons. The summed E-state index contributed by atoms with van der Waals surface area (Å²) in [6, 6.07) is 3.02. The highest BCUT2D eigenvalue weighted by atomic mass is 19.1. The third kappa shape index (κ3) is 3.57. The Labute approximate surface area is 87.9 Å². The van der Waals surface area contributed by atoms with Crippen molar-refractivity contribution in [2.45, 2.75) is 26.0 Å². The fourth-order valence-electron chi connectivity index (χ4n) is 1.30. The Kier molecular flexibility index (Phi) is 4.17. The number of benzene rings is 1. The van der Waals surface area contributed by atoms with E-state index in [2.05, 4.69) is 5.32 Å². The molecule has 84 valence electrons. The van der Waals surface area contributed by atoms with Gasteiger partial charge in [-0.05, 0) is 32.0 Å². The second-order valence-corrected chi connectivity index (χ2v) is 3.64. The molecule has 0 spiro atoms. The lowest BCUT2D eigenvalue weighted by atomic mass is 10.1. The van der Waals surface area contributed by atoms with Crippen LogP contribution in [0.2, 0.25) is 0 Å². The van der Waals surface area contributed by atoms with Crippen molar-refractivity contribution in [2.24, 2.45) is 0 Å². The van der Waals surface area contributed by atoms with Gasteiger partial charge in [0.1, 0.15) is 11.6 Å². The molecule has 0 heterocycles. The van der Waals surface area contributed by atoms with Gasteiger partial charge in [0.2, 0.25) is 0 Å². The van der Waals surface area contributed by atoms with E-state index in [1.807, 2.05) is 0 Å². The number of hydrogen-bond acceptors (Lipinski definition) is 2. The lowest BCUT2D eigenvalue weighted by Gasteiger charge is -2.16. The summed E-state index contributed by atoms with van der Waals surface area (Å²) in [6.07, 6.45) is -0.510. The highest BCUT2D eigenvalue weighted by Gasteiger charge is 2.11. The van der Waals surface area contributed by atoms with Crippen LogP contribution in [0.25, 0.3) is 0 Å². The average molecular weight is 215 g/mol. The van der Waals surface area contributed by atoms with Crippen LogP contribution in [0.15, 0.2) is 18.2 Å². The van der Waals surface area contributed by atoms with Gasteiger partial charge in [0, 0.05) is 18.2 Å². The number of rotatable bonds is 4. The first-order valence-electron chi connectivity index (χ1n) is 4.87. The molecule has 2 nitrogen and oxygen atoms in total. The Balaban J connectivity index is 2.72. The third-order valence-corrected chi connectivity index (χ3v) is 2.14. The highest BCUT2D eigenvalue weighted by Crippen LogP contribution is 2.17. The molecule has 15 heavy (non-hydrogen) atoms. The van der Waals surface area contributed by atoms with Gasteiger partial charge in [-0.15, -0.1) is 0 Å². The van der Waals surface area contributed by atoms with Crippen molar-refractivity contribution in [1.29, 1.82) is 0 Å². The second kappa shape index (κ2) is 5.19. The molecule has 2 atom stereocenters. The molecule has 0 fully saturated rings. The second-order valence-electron chi connectivity index (χ2n) is 3.64. The molecule has 0 aliphatic rings. The van der Waals surface area contributed by atoms with Gasteiger partial charge in [-0.2, -0.15) is 0 Å². The van der Waals surface area contributed by atoms with Crippen LogP contribution in [0.1, 0.15) is 25.5 Å². The van der Waals surface area contributed by atoms with Crippen LogP contribution in [0, 0.1) is 11.6 Å². The van der Waals surface area contributed by atoms with E-state index in [1.54, 1.807) is 13.8 Å². The zero-order chi connectivity index (χ0) is 11.4. The van der Waals surface area contributed by atoms with Crippen LogP contribution in [-0.4, -0.2) is 17.8 Å². The number of halogens is 2. The van der Waals surface area contributed by atoms with Gasteiger partial charge in [0.05, 0.1) is 6.10 Å². The van der Waals surface area contributed by atoms with Gasteiger partial charge in [-0.25, -0.2) is 8.78 Å². The standard InChI is InChI=1S/C11H15F2NO/c1-7(15)6-14-8(2)10-5-9(12)3-4-11(10)13/h3-5,7-8,14-15H,6H2,1-2H3/t7-,8?/m1/s1. The summed E-state index contributed by atoms with van der Waals surface area (Å²) in [4.78, 5) is 0. The Morgan fingerprint density at radius 2 is 2.00 bits per heavy atom. The van der Waals surface area contributed by atoms with Crippen LogP contribution < -0.4 is 5.32 Å². The third-order valence-electron chi connectivity index (χ3n) is 2.14. The van der Waals surface area contributed by atoms with Crippen molar-refractivity contribution in [3.8, 4) is 0 Å². The lowest BCUT2D eigenvalue weighted by Crippen LogP contribution is -2.27. The van der Waals surface area contributed by atoms with E-state index in [0.717, 1.165) is 18.2 Å². The smallest absolute Gasteiger partial charge is 0.128 e. The van der Waals surface area contributed by atoms with E-state index < -0.39 is 17.7 Å². The molecule has 0 saturated carbocycles. The van der Waals surface area contributed by atoms with Crippen molar-refractivity contribution in [3.63, 3.8) is 0 Å². The fourth-order valence-corrected chi connectivity index (χ4v) is 1.30. The van der Waals surface area contributed by atoms with Crippen LogP contribution in [0.3, 0.4) is 0 Å². The molecule has 1 aromatic rings. The lowest BCUT2D eigenvalue weighted by molar-refractivity contribution is 0.187. The quantitative estimate of drug-likeness (QED) is 0.805. The first-order valence-corrected chi connectivity index (χ1v) is 4.87. The van der Waals surface area contributed by atoms with Crippen LogP contribution in [0.5, 0.6) is 0 Å². The minimum atomic E-state index is -0.510. The molecule has 1 unspecified atom stereocenters. The average Bonchev–Trinajstić information content (AvgIpc) is 2.18. The minimum absolute atomic E-state index is 0.274. The van der Waals surface area contributed by atoms with Crippen molar-refractivity contribution in [2.75, 3.05) is 6.54 Å². The monoisotopic (exact) mass is 215 g/mol. The largest absolute Gasteiger partial charge is 0.392 e. The predicted octanol–water partition coefficient (Wildman–Crippen LogP) is 2.00. The summed E-state index contributed by atoms with van der Waals surface area (Å²) in [7, 11) is 0. The van der Waals surface area contributed by atoms with Gasteiger partial charge >= 0.3 is 0 Å². The van der Waals surface area contributed by atoms with Gasteiger partial charge in [0.15, 0.2) is 0 Å². The first kappa shape index (κ1) is 12.1. The minimum Gasteiger partial charge on any atom is -0.392 e. The van der Waals surface area contributed by atoms with E-state index >= 15 is 0 Å². The Hall–Kier alpha value is -1.00. The zero-order valence-electron chi connectivity index (χ0n) is 8.80. The van der Waals surface area contributed by atoms with E-state index in [-0.39, 0.29) is 11.6 Å². The molecular weight excluding hydrogens is 200 g/mol. The predicted molar refractivity (Wildman–Crippen MR) is 54.5 cm³/mol. The van der Waals surface area contributed by atoms with E-state index in [0.29, 0.717) is 6.54 Å². The molecule has 0 amide bonds. The number of aliphatic hydroxyl groups is 1. The van der Waals surface area contributed by atoms with Crippen molar-refractivity contribution in [3.05, 3.63) is 35.4 Å². The normalized spacial score (nSPS) is 15.0. The molecule has 0 aliphatic heterocycles. The van der Waals surface area contributed by atoms with Gasteiger partial charge in [0.25, 0.3) is 0 Å². The molecular formula is C11H15F2NO. The molecule has 4 heteroatoms. The molecule has 0 bridgehead atoms. The summed E-state index contributed by atoms with van der Waals surface area (Å²) >= 11 is 0. The maximum atomic E-state index is 13.3. The molecule has 0 saturated heterocycles. The van der Waals surface area contributed by atoms with Gasteiger partial charge < -0.3 is 10.4 Å². The maximum absolute atomic E-state index is 13.3. The molecule has 0 aromatic heterocycles. The van der Waals surface area contributed by atoms with E-state index in [1.165, 1.54) is 0 Å².